The minimum atomic E-state index is -0.0206. The fraction of sp³-hybridized carbons (Fsp3) is 0.417. The van der Waals surface area contributed by atoms with Crippen LogP contribution in [0.1, 0.15) is 52.4 Å². The first kappa shape index (κ1) is 23.3. The maximum atomic E-state index is 12.1. The van der Waals surface area contributed by atoms with Crippen LogP contribution in [0.25, 0.3) is 11.1 Å². The van der Waals surface area contributed by atoms with E-state index in [1.54, 1.807) is 14.2 Å². The van der Waals surface area contributed by atoms with Crippen molar-refractivity contribution in [2.45, 2.75) is 52.4 Å². The van der Waals surface area contributed by atoms with Gasteiger partial charge in [-0.1, -0.05) is 38.8 Å². The van der Waals surface area contributed by atoms with Crippen LogP contribution in [0.5, 0.6) is 11.5 Å². The number of carbonyl (C=O) groups is 2. The highest BCUT2D eigenvalue weighted by Gasteiger charge is 2.12. The topological polar surface area (TPSA) is 76.7 Å². The van der Waals surface area contributed by atoms with Crippen LogP contribution in [0, 0.1) is 0 Å². The van der Waals surface area contributed by atoms with Gasteiger partial charge in [0.05, 0.1) is 25.6 Å². The Labute approximate surface area is 179 Å². The predicted octanol–water partition coefficient (Wildman–Crippen LogP) is 5.63. The van der Waals surface area contributed by atoms with Gasteiger partial charge in [-0.3, -0.25) is 9.59 Å². The molecule has 0 unspecified atom stereocenters. The van der Waals surface area contributed by atoms with Crippen molar-refractivity contribution in [1.29, 1.82) is 0 Å². The molecule has 2 amide bonds. The third-order valence-corrected chi connectivity index (χ3v) is 4.80. The largest absolute Gasteiger partial charge is 0.495 e. The van der Waals surface area contributed by atoms with Gasteiger partial charge in [0, 0.05) is 12.8 Å². The monoisotopic (exact) mass is 412 g/mol. The van der Waals surface area contributed by atoms with Crippen LogP contribution in [0.3, 0.4) is 0 Å². The average Bonchev–Trinajstić information content (AvgIpc) is 2.76. The highest BCUT2D eigenvalue weighted by Crippen LogP contribution is 2.35. The van der Waals surface area contributed by atoms with Crippen LogP contribution in [0.4, 0.5) is 11.4 Å². The van der Waals surface area contributed by atoms with E-state index in [-0.39, 0.29) is 11.8 Å². The summed E-state index contributed by atoms with van der Waals surface area (Å²) in [6.45, 7) is 4.11. The van der Waals surface area contributed by atoms with Crippen molar-refractivity contribution in [2.75, 3.05) is 24.9 Å². The van der Waals surface area contributed by atoms with Crippen molar-refractivity contribution in [3.63, 3.8) is 0 Å². The summed E-state index contributed by atoms with van der Waals surface area (Å²) in [5.74, 6) is 1.14. The van der Waals surface area contributed by atoms with Crippen LogP contribution < -0.4 is 20.1 Å². The zero-order valence-electron chi connectivity index (χ0n) is 18.3. The summed E-state index contributed by atoms with van der Waals surface area (Å²) in [5, 5.41) is 5.82. The molecule has 0 atom stereocenters. The van der Waals surface area contributed by atoms with E-state index < -0.39 is 0 Å². The van der Waals surface area contributed by atoms with Gasteiger partial charge in [-0.05, 0) is 48.2 Å². The Bertz CT molecular complexity index is 793. The van der Waals surface area contributed by atoms with Crippen molar-refractivity contribution in [3.8, 4) is 22.6 Å². The van der Waals surface area contributed by atoms with Crippen molar-refractivity contribution in [3.05, 3.63) is 36.4 Å². The first-order valence-corrected chi connectivity index (χ1v) is 10.5. The SMILES string of the molecule is CCCCC(=O)Nc1ccc(-c2ccc(NC(=O)CCCC)c(OC)c2)cc1OC. The molecule has 2 aromatic carbocycles. The maximum absolute atomic E-state index is 12.1. The first-order valence-electron chi connectivity index (χ1n) is 10.5. The number of benzene rings is 2. The second-order valence-corrected chi connectivity index (χ2v) is 7.13. The van der Waals surface area contributed by atoms with Gasteiger partial charge in [0.15, 0.2) is 0 Å². The van der Waals surface area contributed by atoms with E-state index in [1.165, 1.54) is 0 Å². The lowest BCUT2D eigenvalue weighted by atomic mass is 10.0. The lowest BCUT2D eigenvalue weighted by Crippen LogP contribution is -2.12. The molecule has 0 aliphatic carbocycles. The molecule has 6 heteroatoms. The number of nitrogens with one attached hydrogen (secondary N) is 2. The molecule has 0 fully saturated rings. The highest BCUT2D eigenvalue weighted by atomic mass is 16.5. The number of ether oxygens (including phenoxy) is 2. The third-order valence-electron chi connectivity index (χ3n) is 4.80. The molecule has 2 N–H and O–H groups in total. The van der Waals surface area contributed by atoms with Crippen molar-refractivity contribution in [2.24, 2.45) is 0 Å². The quantitative estimate of drug-likeness (QED) is 0.502. The van der Waals surface area contributed by atoms with Crippen molar-refractivity contribution < 1.29 is 19.1 Å². The zero-order valence-corrected chi connectivity index (χ0v) is 18.3. The summed E-state index contributed by atoms with van der Waals surface area (Å²) in [4.78, 5) is 24.1. The van der Waals surface area contributed by atoms with E-state index in [4.69, 9.17) is 9.47 Å². The summed E-state index contributed by atoms with van der Waals surface area (Å²) in [6, 6.07) is 11.3. The molecule has 162 valence electrons. The summed E-state index contributed by atoms with van der Waals surface area (Å²) in [7, 11) is 3.16. The smallest absolute Gasteiger partial charge is 0.224 e. The van der Waals surface area contributed by atoms with Gasteiger partial charge < -0.3 is 20.1 Å². The van der Waals surface area contributed by atoms with Gasteiger partial charge in [-0.2, -0.15) is 0 Å². The Hall–Kier alpha value is -3.02. The van der Waals surface area contributed by atoms with Crippen LogP contribution >= 0.6 is 0 Å². The molecule has 2 aromatic rings. The average molecular weight is 413 g/mol. The van der Waals surface area contributed by atoms with E-state index >= 15 is 0 Å². The molecule has 0 spiro atoms. The maximum Gasteiger partial charge on any atom is 0.224 e. The van der Waals surface area contributed by atoms with E-state index in [0.717, 1.165) is 36.8 Å². The molecule has 0 aliphatic heterocycles. The van der Waals surface area contributed by atoms with E-state index in [1.807, 2.05) is 36.4 Å². The Kier molecular flexibility index (Phi) is 9.19. The molecule has 30 heavy (non-hydrogen) atoms. The molecule has 0 bridgehead atoms. The number of unbranched alkanes of at least 4 members (excludes halogenated alkanes) is 2. The van der Waals surface area contributed by atoms with Crippen molar-refractivity contribution >= 4 is 23.2 Å². The lowest BCUT2D eigenvalue weighted by molar-refractivity contribution is -0.117. The van der Waals surface area contributed by atoms with Gasteiger partial charge in [0.2, 0.25) is 11.8 Å². The minimum Gasteiger partial charge on any atom is -0.495 e. The molecular formula is C24H32N2O4. The van der Waals surface area contributed by atoms with E-state index in [2.05, 4.69) is 24.5 Å². The van der Waals surface area contributed by atoms with Gasteiger partial charge in [0.25, 0.3) is 0 Å². The molecule has 0 heterocycles. The number of hydrogen-bond acceptors (Lipinski definition) is 4. The second-order valence-electron chi connectivity index (χ2n) is 7.13. The summed E-state index contributed by atoms with van der Waals surface area (Å²) in [5.41, 5.74) is 3.13. The predicted molar refractivity (Wildman–Crippen MR) is 121 cm³/mol. The van der Waals surface area contributed by atoms with Crippen molar-refractivity contribution in [1.82, 2.24) is 0 Å². The van der Waals surface area contributed by atoms with Gasteiger partial charge in [-0.15, -0.1) is 0 Å². The Morgan fingerprint density at radius 2 is 1.13 bits per heavy atom. The minimum absolute atomic E-state index is 0.0206. The molecule has 6 nitrogen and oxygen atoms in total. The number of amides is 2. The Morgan fingerprint density at radius 3 is 1.47 bits per heavy atom. The molecule has 0 aromatic heterocycles. The standard InChI is InChI=1S/C24H32N2O4/c1-5-7-9-23(27)25-19-13-11-17(15-21(19)29-3)18-12-14-20(22(16-18)30-4)26-24(28)10-8-6-2/h11-16H,5-10H2,1-4H3,(H,25,27)(H,26,28). The fourth-order valence-electron chi connectivity index (χ4n) is 3.05. The van der Waals surface area contributed by atoms with Gasteiger partial charge in [-0.25, -0.2) is 0 Å². The molecule has 0 saturated carbocycles. The fourth-order valence-corrected chi connectivity index (χ4v) is 3.05. The summed E-state index contributed by atoms with van der Waals surface area (Å²) >= 11 is 0. The van der Waals surface area contributed by atoms with E-state index in [9.17, 15) is 9.59 Å². The molecule has 2 rings (SSSR count). The lowest BCUT2D eigenvalue weighted by Gasteiger charge is -2.14. The third kappa shape index (κ3) is 6.51. The summed E-state index contributed by atoms with van der Waals surface area (Å²) in [6.07, 6.45) is 4.63. The zero-order chi connectivity index (χ0) is 21.9. The number of methoxy groups -OCH3 is 2. The summed E-state index contributed by atoms with van der Waals surface area (Å²) < 4.78 is 11.0. The normalized spacial score (nSPS) is 10.4. The Morgan fingerprint density at radius 1 is 0.733 bits per heavy atom. The number of anilines is 2. The number of carbonyl (C=O) groups excluding carboxylic acids is 2. The highest BCUT2D eigenvalue weighted by molar-refractivity contribution is 5.94. The molecule has 0 radical (unpaired) electrons. The number of rotatable bonds is 11. The second kappa shape index (κ2) is 11.9. The Balaban J connectivity index is 2.22. The van der Waals surface area contributed by atoms with Gasteiger partial charge >= 0.3 is 0 Å². The van der Waals surface area contributed by atoms with Crippen LogP contribution in [-0.4, -0.2) is 26.0 Å². The van der Waals surface area contributed by atoms with Gasteiger partial charge in [0.1, 0.15) is 11.5 Å². The van der Waals surface area contributed by atoms with Crippen LogP contribution in [-0.2, 0) is 9.59 Å². The van der Waals surface area contributed by atoms with Crippen LogP contribution in [0.15, 0.2) is 36.4 Å². The number of hydrogen-bond donors (Lipinski definition) is 2. The molecule has 0 aliphatic rings. The first-order chi connectivity index (χ1) is 14.5. The molecular weight excluding hydrogens is 380 g/mol. The van der Waals surface area contributed by atoms with Crippen LogP contribution in [0.2, 0.25) is 0 Å². The van der Waals surface area contributed by atoms with E-state index in [0.29, 0.717) is 35.7 Å². The molecule has 0 saturated heterocycles.